The Kier molecular flexibility index (Phi) is 8.91. The Morgan fingerprint density at radius 3 is 2.52 bits per heavy atom. The molecule has 1 saturated heterocycles. The number of likely N-dealkylation sites (N-methyl/N-ethyl adjacent to an activating group) is 1. The SMILES string of the molecule is CCOc1ccc(CCN2CCC(CNC(=O)OCC(=O)NC)CC2)cc1. The topological polar surface area (TPSA) is 79.9 Å². The summed E-state index contributed by atoms with van der Waals surface area (Å²) in [7, 11) is 1.51. The number of hydrogen-bond acceptors (Lipinski definition) is 5. The van der Waals surface area contributed by atoms with E-state index in [0.717, 1.165) is 44.6 Å². The lowest BCUT2D eigenvalue weighted by atomic mass is 9.96. The molecule has 150 valence electrons. The lowest BCUT2D eigenvalue weighted by molar-refractivity contribution is -0.123. The number of nitrogens with one attached hydrogen (secondary N) is 2. The van der Waals surface area contributed by atoms with Crippen LogP contribution in [0.4, 0.5) is 4.79 Å². The quantitative estimate of drug-likeness (QED) is 0.686. The summed E-state index contributed by atoms with van der Waals surface area (Å²) >= 11 is 0. The highest BCUT2D eigenvalue weighted by Crippen LogP contribution is 2.18. The highest BCUT2D eigenvalue weighted by molar-refractivity contribution is 5.79. The first-order valence-electron chi connectivity index (χ1n) is 9.66. The summed E-state index contributed by atoms with van der Waals surface area (Å²) < 4.78 is 10.3. The van der Waals surface area contributed by atoms with Gasteiger partial charge in [-0.2, -0.15) is 0 Å². The van der Waals surface area contributed by atoms with Gasteiger partial charge in [0.15, 0.2) is 6.61 Å². The number of ether oxygens (including phenoxy) is 2. The average Bonchev–Trinajstić information content (AvgIpc) is 2.71. The number of hydrogen-bond donors (Lipinski definition) is 2. The molecule has 1 aromatic carbocycles. The molecule has 0 unspecified atom stereocenters. The molecule has 1 heterocycles. The molecule has 27 heavy (non-hydrogen) atoms. The fraction of sp³-hybridized carbons (Fsp3) is 0.600. The summed E-state index contributed by atoms with van der Waals surface area (Å²) in [5.74, 6) is 1.06. The minimum Gasteiger partial charge on any atom is -0.494 e. The van der Waals surface area contributed by atoms with Gasteiger partial charge in [-0.05, 0) is 62.9 Å². The third-order valence-corrected chi connectivity index (χ3v) is 4.81. The lowest BCUT2D eigenvalue weighted by Gasteiger charge is -2.31. The van der Waals surface area contributed by atoms with E-state index in [1.54, 1.807) is 0 Å². The largest absolute Gasteiger partial charge is 0.494 e. The predicted molar refractivity (Wildman–Crippen MR) is 104 cm³/mol. The average molecular weight is 377 g/mol. The summed E-state index contributed by atoms with van der Waals surface area (Å²) in [5, 5.41) is 5.16. The fourth-order valence-corrected chi connectivity index (χ4v) is 3.10. The molecule has 0 aliphatic carbocycles. The van der Waals surface area contributed by atoms with Gasteiger partial charge in [-0.3, -0.25) is 4.79 Å². The van der Waals surface area contributed by atoms with Crippen LogP contribution in [0, 0.1) is 5.92 Å². The van der Waals surface area contributed by atoms with Crippen LogP contribution in [0.25, 0.3) is 0 Å². The van der Waals surface area contributed by atoms with Crippen LogP contribution >= 0.6 is 0 Å². The predicted octanol–water partition coefficient (Wildman–Crippen LogP) is 1.81. The van der Waals surface area contributed by atoms with Gasteiger partial charge < -0.3 is 25.0 Å². The van der Waals surface area contributed by atoms with Crippen molar-refractivity contribution in [3.63, 3.8) is 0 Å². The third-order valence-electron chi connectivity index (χ3n) is 4.81. The van der Waals surface area contributed by atoms with Gasteiger partial charge in [0.05, 0.1) is 6.61 Å². The Hall–Kier alpha value is -2.28. The molecule has 7 nitrogen and oxygen atoms in total. The van der Waals surface area contributed by atoms with Crippen LogP contribution in [-0.2, 0) is 16.0 Å². The first kappa shape index (κ1) is 21.0. The highest BCUT2D eigenvalue weighted by atomic mass is 16.6. The Balaban J connectivity index is 1.59. The maximum absolute atomic E-state index is 11.6. The Bertz CT molecular complexity index is 583. The number of likely N-dealkylation sites (tertiary alicyclic amines) is 1. The van der Waals surface area contributed by atoms with Crippen LogP contribution in [0.5, 0.6) is 5.75 Å². The van der Waals surface area contributed by atoms with E-state index >= 15 is 0 Å². The van der Waals surface area contributed by atoms with E-state index in [1.807, 2.05) is 19.1 Å². The summed E-state index contributed by atoms with van der Waals surface area (Å²) in [6, 6.07) is 8.32. The highest BCUT2D eigenvalue weighted by Gasteiger charge is 2.19. The van der Waals surface area contributed by atoms with Crippen molar-refractivity contribution in [1.29, 1.82) is 0 Å². The fourth-order valence-electron chi connectivity index (χ4n) is 3.10. The molecular formula is C20H31N3O4. The van der Waals surface area contributed by atoms with E-state index < -0.39 is 6.09 Å². The molecule has 2 rings (SSSR count). The molecule has 0 atom stereocenters. The Morgan fingerprint density at radius 1 is 1.19 bits per heavy atom. The summed E-state index contributed by atoms with van der Waals surface area (Å²) in [4.78, 5) is 25.1. The van der Waals surface area contributed by atoms with Gasteiger partial charge in [0, 0.05) is 20.1 Å². The van der Waals surface area contributed by atoms with Crippen molar-refractivity contribution < 1.29 is 19.1 Å². The Morgan fingerprint density at radius 2 is 1.89 bits per heavy atom. The monoisotopic (exact) mass is 377 g/mol. The van der Waals surface area contributed by atoms with Gasteiger partial charge in [-0.25, -0.2) is 4.79 Å². The van der Waals surface area contributed by atoms with Gasteiger partial charge in [0.2, 0.25) is 0 Å². The van der Waals surface area contributed by atoms with E-state index in [0.29, 0.717) is 19.1 Å². The second-order valence-electron chi connectivity index (χ2n) is 6.74. The van der Waals surface area contributed by atoms with Crippen LogP contribution in [0.15, 0.2) is 24.3 Å². The second kappa shape index (κ2) is 11.4. The normalized spacial score (nSPS) is 15.2. The maximum Gasteiger partial charge on any atom is 0.407 e. The number of carbonyl (C=O) groups is 2. The summed E-state index contributed by atoms with van der Waals surface area (Å²) in [6.45, 7) is 6.15. The van der Waals surface area contributed by atoms with Crippen molar-refractivity contribution in [3.8, 4) is 5.75 Å². The number of benzene rings is 1. The van der Waals surface area contributed by atoms with Gasteiger partial charge in [0.1, 0.15) is 5.75 Å². The van der Waals surface area contributed by atoms with Crippen molar-refractivity contribution in [2.75, 3.05) is 46.4 Å². The second-order valence-corrected chi connectivity index (χ2v) is 6.74. The van der Waals surface area contributed by atoms with Gasteiger partial charge in [-0.15, -0.1) is 0 Å². The van der Waals surface area contributed by atoms with Crippen LogP contribution in [0.3, 0.4) is 0 Å². The van der Waals surface area contributed by atoms with Gasteiger partial charge in [0.25, 0.3) is 5.91 Å². The van der Waals surface area contributed by atoms with Crippen LogP contribution < -0.4 is 15.4 Å². The van der Waals surface area contributed by atoms with E-state index in [9.17, 15) is 9.59 Å². The number of rotatable bonds is 9. The van der Waals surface area contributed by atoms with Gasteiger partial charge in [-0.1, -0.05) is 12.1 Å². The van der Waals surface area contributed by atoms with E-state index in [4.69, 9.17) is 9.47 Å². The molecule has 0 aromatic heterocycles. The van der Waals surface area contributed by atoms with Crippen molar-refractivity contribution >= 4 is 12.0 Å². The maximum atomic E-state index is 11.6. The minimum atomic E-state index is -0.531. The molecule has 0 spiro atoms. The van der Waals surface area contributed by atoms with Crippen molar-refractivity contribution in [2.45, 2.75) is 26.2 Å². The summed E-state index contributed by atoms with van der Waals surface area (Å²) in [5.41, 5.74) is 1.32. The van der Waals surface area contributed by atoms with E-state index in [1.165, 1.54) is 12.6 Å². The first-order valence-corrected chi connectivity index (χ1v) is 9.66. The number of amides is 2. The first-order chi connectivity index (χ1) is 13.1. The van der Waals surface area contributed by atoms with Gasteiger partial charge >= 0.3 is 6.09 Å². The number of alkyl carbamates (subject to hydrolysis) is 1. The molecule has 1 aromatic rings. The standard InChI is InChI=1S/C20H31N3O4/c1-3-26-18-6-4-16(5-7-18)8-11-23-12-9-17(10-13-23)14-22-20(25)27-15-19(24)21-2/h4-7,17H,3,8-15H2,1-2H3,(H,21,24)(H,22,25). The number of piperidine rings is 1. The summed E-state index contributed by atoms with van der Waals surface area (Å²) in [6.07, 6.45) is 2.61. The number of nitrogens with zero attached hydrogens (tertiary/aromatic N) is 1. The minimum absolute atomic E-state index is 0.244. The lowest BCUT2D eigenvalue weighted by Crippen LogP contribution is -2.40. The van der Waals surface area contributed by atoms with Crippen LogP contribution in [0.2, 0.25) is 0 Å². The molecule has 7 heteroatoms. The van der Waals surface area contributed by atoms with Crippen molar-refractivity contribution in [3.05, 3.63) is 29.8 Å². The molecule has 1 aliphatic rings. The Labute approximate surface area is 161 Å². The van der Waals surface area contributed by atoms with Crippen molar-refractivity contribution in [1.82, 2.24) is 15.5 Å². The third kappa shape index (κ3) is 7.86. The molecular weight excluding hydrogens is 346 g/mol. The van der Waals surface area contributed by atoms with Crippen LogP contribution in [0.1, 0.15) is 25.3 Å². The number of carbonyl (C=O) groups excluding carboxylic acids is 2. The molecule has 2 amide bonds. The molecule has 0 radical (unpaired) electrons. The molecule has 1 fully saturated rings. The van der Waals surface area contributed by atoms with Crippen LogP contribution in [-0.4, -0.2) is 63.3 Å². The molecule has 2 N–H and O–H groups in total. The zero-order valence-corrected chi connectivity index (χ0v) is 16.3. The smallest absolute Gasteiger partial charge is 0.407 e. The molecule has 1 aliphatic heterocycles. The van der Waals surface area contributed by atoms with Crippen molar-refractivity contribution in [2.24, 2.45) is 5.92 Å². The zero-order chi connectivity index (χ0) is 19.5. The van der Waals surface area contributed by atoms with E-state index in [-0.39, 0.29) is 12.5 Å². The molecule has 0 saturated carbocycles. The van der Waals surface area contributed by atoms with E-state index in [2.05, 4.69) is 27.7 Å². The zero-order valence-electron chi connectivity index (χ0n) is 16.3. The molecule has 0 bridgehead atoms.